The molecular weight excluding hydrogens is 332 g/mol. The summed E-state index contributed by atoms with van der Waals surface area (Å²) in [6.07, 6.45) is 16.2. The molecule has 0 saturated carbocycles. The SMILES string of the molecule is CCCCCCCCN(CCCCCCCC)Cn1nc2ccccc2n1. The van der Waals surface area contributed by atoms with Gasteiger partial charge in [-0.3, -0.25) is 4.90 Å². The zero-order chi connectivity index (χ0) is 19.2. The Balaban J connectivity index is 1.78. The van der Waals surface area contributed by atoms with Crippen molar-refractivity contribution < 1.29 is 0 Å². The van der Waals surface area contributed by atoms with Gasteiger partial charge in [-0.2, -0.15) is 15.0 Å². The molecule has 0 amide bonds. The quantitative estimate of drug-likeness (QED) is 0.319. The molecule has 4 nitrogen and oxygen atoms in total. The summed E-state index contributed by atoms with van der Waals surface area (Å²) < 4.78 is 0. The standard InChI is InChI=1S/C23H40N4/c1-3-5-7-9-11-15-19-26(20-16-12-10-8-6-4-2)21-27-24-22-17-13-14-18-23(22)25-27/h13-14,17-18H,3-12,15-16,19-21H2,1-2H3. The van der Waals surface area contributed by atoms with Gasteiger partial charge >= 0.3 is 0 Å². The van der Waals surface area contributed by atoms with Crippen molar-refractivity contribution in [1.29, 1.82) is 0 Å². The molecule has 1 aromatic heterocycles. The average Bonchev–Trinajstić information content (AvgIpc) is 3.09. The van der Waals surface area contributed by atoms with Crippen LogP contribution in [0.25, 0.3) is 11.0 Å². The van der Waals surface area contributed by atoms with Crippen molar-refractivity contribution in [3.05, 3.63) is 24.3 Å². The molecule has 0 aliphatic rings. The second-order valence-electron chi connectivity index (χ2n) is 7.86. The number of fused-ring (bicyclic) bond motifs is 1. The van der Waals surface area contributed by atoms with E-state index in [9.17, 15) is 0 Å². The van der Waals surface area contributed by atoms with Gasteiger partial charge in [0.25, 0.3) is 0 Å². The highest BCUT2D eigenvalue weighted by molar-refractivity contribution is 5.72. The Hall–Kier alpha value is -1.42. The van der Waals surface area contributed by atoms with E-state index in [0.717, 1.165) is 17.7 Å². The summed E-state index contributed by atoms with van der Waals surface area (Å²) in [5.74, 6) is 0. The maximum atomic E-state index is 4.65. The minimum absolute atomic E-state index is 0.818. The third kappa shape index (κ3) is 8.87. The van der Waals surface area contributed by atoms with E-state index in [2.05, 4.69) is 28.9 Å². The molecule has 0 spiro atoms. The fourth-order valence-corrected chi connectivity index (χ4v) is 3.63. The summed E-state index contributed by atoms with van der Waals surface area (Å²) in [7, 11) is 0. The molecule has 0 N–H and O–H groups in total. The van der Waals surface area contributed by atoms with Crippen molar-refractivity contribution in [3.63, 3.8) is 0 Å². The lowest BCUT2D eigenvalue weighted by Gasteiger charge is -2.21. The monoisotopic (exact) mass is 372 g/mol. The summed E-state index contributed by atoms with van der Waals surface area (Å²) in [6.45, 7) is 7.71. The van der Waals surface area contributed by atoms with Gasteiger partial charge in [-0.15, -0.1) is 0 Å². The molecule has 0 aliphatic carbocycles. The minimum Gasteiger partial charge on any atom is -0.283 e. The van der Waals surface area contributed by atoms with Crippen molar-refractivity contribution in [2.24, 2.45) is 0 Å². The summed E-state index contributed by atoms with van der Waals surface area (Å²) in [6, 6.07) is 8.16. The molecule has 0 fully saturated rings. The second-order valence-corrected chi connectivity index (χ2v) is 7.86. The number of hydrogen-bond donors (Lipinski definition) is 0. The van der Waals surface area contributed by atoms with E-state index in [-0.39, 0.29) is 0 Å². The predicted molar refractivity (Wildman–Crippen MR) is 116 cm³/mol. The van der Waals surface area contributed by atoms with Gasteiger partial charge in [-0.1, -0.05) is 90.2 Å². The van der Waals surface area contributed by atoms with Gasteiger partial charge in [0.1, 0.15) is 17.7 Å². The molecule has 0 aliphatic heterocycles. The van der Waals surface area contributed by atoms with E-state index < -0.39 is 0 Å². The molecule has 2 rings (SSSR count). The minimum atomic E-state index is 0.818. The number of rotatable bonds is 16. The lowest BCUT2D eigenvalue weighted by molar-refractivity contribution is 0.187. The third-order valence-electron chi connectivity index (χ3n) is 5.31. The lowest BCUT2D eigenvalue weighted by atomic mass is 10.1. The Bertz CT molecular complexity index is 558. The van der Waals surface area contributed by atoms with Crippen LogP contribution in [0, 0.1) is 0 Å². The topological polar surface area (TPSA) is 34.0 Å². The first-order chi connectivity index (χ1) is 13.3. The molecule has 1 aromatic carbocycles. The molecule has 1 heterocycles. The van der Waals surface area contributed by atoms with Crippen LogP contribution in [-0.2, 0) is 6.67 Å². The second kappa shape index (κ2) is 13.7. The van der Waals surface area contributed by atoms with Gasteiger partial charge in [0.2, 0.25) is 0 Å². The van der Waals surface area contributed by atoms with Crippen molar-refractivity contribution in [2.75, 3.05) is 13.1 Å². The van der Waals surface area contributed by atoms with Crippen LogP contribution in [0.3, 0.4) is 0 Å². The van der Waals surface area contributed by atoms with Gasteiger partial charge in [0.05, 0.1) is 0 Å². The normalized spacial score (nSPS) is 11.7. The Labute approximate surface area is 166 Å². The Kier molecular flexibility index (Phi) is 11.1. The van der Waals surface area contributed by atoms with E-state index in [0.29, 0.717) is 0 Å². The number of nitrogens with zero attached hydrogens (tertiary/aromatic N) is 4. The van der Waals surface area contributed by atoms with Crippen molar-refractivity contribution in [2.45, 2.75) is 97.6 Å². The van der Waals surface area contributed by atoms with E-state index in [1.165, 1.54) is 90.1 Å². The molecule has 152 valence electrons. The summed E-state index contributed by atoms with van der Waals surface area (Å²) >= 11 is 0. The first kappa shape index (κ1) is 21.9. The fourth-order valence-electron chi connectivity index (χ4n) is 3.63. The summed E-state index contributed by atoms with van der Waals surface area (Å²) in [5.41, 5.74) is 1.99. The molecule has 2 aromatic rings. The van der Waals surface area contributed by atoms with Gasteiger partial charge in [0.15, 0.2) is 0 Å². The largest absolute Gasteiger partial charge is 0.283 e. The van der Waals surface area contributed by atoms with Crippen LogP contribution < -0.4 is 0 Å². The van der Waals surface area contributed by atoms with Crippen molar-refractivity contribution >= 4 is 11.0 Å². The van der Waals surface area contributed by atoms with Crippen LogP contribution in [-0.4, -0.2) is 33.0 Å². The van der Waals surface area contributed by atoms with Crippen LogP contribution in [0.5, 0.6) is 0 Å². The number of aromatic nitrogens is 3. The molecular formula is C23H40N4. The van der Waals surface area contributed by atoms with E-state index in [1.807, 2.05) is 29.1 Å². The summed E-state index contributed by atoms with van der Waals surface area (Å²) in [4.78, 5) is 4.44. The highest BCUT2D eigenvalue weighted by Crippen LogP contribution is 2.11. The molecule has 0 atom stereocenters. The van der Waals surface area contributed by atoms with Crippen LogP contribution >= 0.6 is 0 Å². The van der Waals surface area contributed by atoms with E-state index in [4.69, 9.17) is 0 Å². The number of benzene rings is 1. The molecule has 0 bridgehead atoms. The molecule has 0 saturated heterocycles. The van der Waals surface area contributed by atoms with Gasteiger partial charge < -0.3 is 0 Å². The highest BCUT2D eigenvalue weighted by atomic mass is 15.5. The lowest BCUT2D eigenvalue weighted by Crippen LogP contribution is -2.29. The van der Waals surface area contributed by atoms with E-state index >= 15 is 0 Å². The maximum Gasteiger partial charge on any atom is 0.113 e. The Morgan fingerprint density at radius 2 is 1.11 bits per heavy atom. The van der Waals surface area contributed by atoms with Crippen molar-refractivity contribution in [3.8, 4) is 0 Å². The van der Waals surface area contributed by atoms with Gasteiger partial charge in [0, 0.05) is 0 Å². The molecule has 0 radical (unpaired) electrons. The smallest absolute Gasteiger partial charge is 0.113 e. The fraction of sp³-hybridized carbons (Fsp3) is 0.739. The van der Waals surface area contributed by atoms with Gasteiger partial charge in [-0.05, 0) is 38.1 Å². The Morgan fingerprint density at radius 1 is 0.667 bits per heavy atom. The Morgan fingerprint density at radius 3 is 1.59 bits per heavy atom. The number of hydrogen-bond acceptors (Lipinski definition) is 3. The number of unbranched alkanes of at least 4 members (excludes halogenated alkanes) is 10. The molecule has 4 heteroatoms. The molecule has 0 unspecified atom stereocenters. The van der Waals surface area contributed by atoms with Crippen LogP contribution in [0.4, 0.5) is 0 Å². The van der Waals surface area contributed by atoms with Gasteiger partial charge in [-0.25, -0.2) is 0 Å². The predicted octanol–water partition coefficient (Wildman–Crippen LogP) is 6.41. The zero-order valence-corrected chi connectivity index (χ0v) is 17.7. The highest BCUT2D eigenvalue weighted by Gasteiger charge is 2.08. The van der Waals surface area contributed by atoms with Crippen molar-refractivity contribution in [1.82, 2.24) is 19.9 Å². The van der Waals surface area contributed by atoms with Crippen LogP contribution in [0.15, 0.2) is 24.3 Å². The first-order valence-electron chi connectivity index (χ1n) is 11.4. The van der Waals surface area contributed by atoms with Crippen LogP contribution in [0.2, 0.25) is 0 Å². The first-order valence-corrected chi connectivity index (χ1v) is 11.4. The molecule has 27 heavy (non-hydrogen) atoms. The zero-order valence-electron chi connectivity index (χ0n) is 17.7. The third-order valence-corrected chi connectivity index (χ3v) is 5.31. The van der Waals surface area contributed by atoms with Crippen LogP contribution in [0.1, 0.15) is 90.9 Å². The summed E-state index contributed by atoms with van der Waals surface area (Å²) in [5, 5.41) is 9.31. The average molecular weight is 373 g/mol. The van der Waals surface area contributed by atoms with E-state index in [1.54, 1.807) is 0 Å². The maximum absolute atomic E-state index is 4.65.